The highest BCUT2D eigenvalue weighted by molar-refractivity contribution is 5.95. The number of aryl methyl sites for hydroxylation is 1. The summed E-state index contributed by atoms with van der Waals surface area (Å²) in [6.07, 6.45) is 5.28. The third-order valence-electron chi connectivity index (χ3n) is 9.65. The van der Waals surface area contributed by atoms with Crippen molar-refractivity contribution in [1.82, 2.24) is 24.6 Å². The SMILES string of the molecule is Cc1cn2cc(C(=O)N3C[C@@H]4C(Oc5cc(C(C)(C)NC(=O)OCc6ccccc6)cc(-c6ccc(F)cc6)n5)[C@@H]4C3)cc(OC3CC3)c2n1. The number of benzene rings is 2. The van der Waals surface area contributed by atoms with Gasteiger partial charge >= 0.3 is 6.09 Å². The Labute approximate surface area is 289 Å². The van der Waals surface area contributed by atoms with E-state index in [1.165, 1.54) is 12.1 Å². The molecule has 3 aliphatic rings. The zero-order valence-electron chi connectivity index (χ0n) is 28.1. The van der Waals surface area contributed by atoms with Crippen LogP contribution in [0.1, 0.15) is 53.9 Å². The Balaban J connectivity index is 0.972. The van der Waals surface area contributed by atoms with Gasteiger partial charge in [0.2, 0.25) is 5.88 Å². The fourth-order valence-electron chi connectivity index (χ4n) is 6.67. The van der Waals surface area contributed by atoms with Crippen molar-refractivity contribution in [3.8, 4) is 22.9 Å². The Hall–Kier alpha value is -5.45. The lowest BCUT2D eigenvalue weighted by Gasteiger charge is -2.27. The lowest BCUT2D eigenvalue weighted by molar-refractivity contribution is 0.0750. The van der Waals surface area contributed by atoms with E-state index in [2.05, 4.69) is 10.3 Å². The van der Waals surface area contributed by atoms with Crippen LogP contribution in [-0.4, -0.2) is 56.6 Å². The average Bonchev–Trinajstić information content (AvgIpc) is 3.93. The molecular weight excluding hydrogens is 637 g/mol. The van der Waals surface area contributed by atoms with E-state index in [4.69, 9.17) is 19.2 Å². The molecule has 8 rings (SSSR count). The van der Waals surface area contributed by atoms with Gasteiger partial charge in [-0.05, 0) is 81.1 Å². The average molecular weight is 676 g/mol. The van der Waals surface area contributed by atoms with Gasteiger partial charge in [0.15, 0.2) is 11.4 Å². The van der Waals surface area contributed by atoms with Crippen molar-refractivity contribution in [2.45, 2.75) is 58.0 Å². The number of fused-ring (bicyclic) bond motifs is 2. The van der Waals surface area contributed by atoms with Crippen molar-refractivity contribution >= 4 is 17.6 Å². The van der Waals surface area contributed by atoms with E-state index in [1.54, 1.807) is 12.1 Å². The Bertz CT molecular complexity index is 2070. The molecule has 11 heteroatoms. The third kappa shape index (κ3) is 6.59. The topological polar surface area (TPSA) is 107 Å². The van der Waals surface area contributed by atoms with Crippen LogP contribution in [0.2, 0.25) is 0 Å². The van der Waals surface area contributed by atoms with Crippen LogP contribution in [0.15, 0.2) is 85.2 Å². The highest BCUT2D eigenvalue weighted by atomic mass is 19.1. The van der Waals surface area contributed by atoms with E-state index in [0.717, 1.165) is 35.3 Å². The lowest BCUT2D eigenvalue weighted by Crippen LogP contribution is -2.41. The van der Waals surface area contributed by atoms with Gasteiger partial charge in [-0.2, -0.15) is 0 Å². The first-order chi connectivity index (χ1) is 24.1. The number of pyridine rings is 2. The molecule has 1 saturated heterocycles. The first-order valence-corrected chi connectivity index (χ1v) is 17.0. The highest BCUT2D eigenvalue weighted by Gasteiger charge is 2.59. The molecule has 2 aliphatic carbocycles. The summed E-state index contributed by atoms with van der Waals surface area (Å²) in [5.41, 5.74) is 4.22. The Kier molecular flexibility index (Phi) is 7.92. The second kappa shape index (κ2) is 12.5. The number of hydrogen-bond donors (Lipinski definition) is 1. The molecule has 2 saturated carbocycles. The summed E-state index contributed by atoms with van der Waals surface area (Å²) in [6.45, 7) is 6.96. The van der Waals surface area contributed by atoms with Crippen LogP contribution >= 0.6 is 0 Å². The maximum absolute atomic E-state index is 13.8. The van der Waals surface area contributed by atoms with E-state index in [1.807, 2.05) is 91.0 Å². The van der Waals surface area contributed by atoms with Crippen molar-refractivity contribution in [3.63, 3.8) is 0 Å². The minimum Gasteiger partial charge on any atom is -0.486 e. The van der Waals surface area contributed by atoms with Crippen LogP contribution in [0.25, 0.3) is 16.9 Å². The standard InChI is InChI=1S/C39H38FN5O5/c1-23-18-44-19-26(15-33(36(44)41-23)49-29-13-14-29)37(46)45-20-30-31(21-45)35(30)50-34-17-27(16-32(42-34)25-9-11-28(40)12-10-25)39(2,3)43-38(47)48-22-24-7-5-4-6-8-24/h4-12,15-19,29-31,35H,13-14,20-22H2,1-3H3,(H,43,47)/t30-,31+,35?. The van der Waals surface area contributed by atoms with Crippen molar-refractivity contribution in [1.29, 1.82) is 0 Å². The number of rotatable bonds is 10. The molecule has 4 heterocycles. The molecule has 1 aliphatic heterocycles. The van der Waals surface area contributed by atoms with Gasteiger partial charge in [-0.25, -0.2) is 19.2 Å². The van der Waals surface area contributed by atoms with E-state index in [-0.39, 0.29) is 42.4 Å². The molecule has 5 aromatic rings. The van der Waals surface area contributed by atoms with Crippen molar-refractivity contribution in [3.05, 3.63) is 113 Å². The van der Waals surface area contributed by atoms with Gasteiger partial charge in [0.05, 0.1) is 28.6 Å². The number of hydrogen-bond acceptors (Lipinski definition) is 7. The van der Waals surface area contributed by atoms with Crippen LogP contribution in [0, 0.1) is 24.6 Å². The minimum absolute atomic E-state index is 0.0458. The van der Waals surface area contributed by atoms with Crippen LogP contribution in [0.5, 0.6) is 11.6 Å². The minimum atomic E-state index is -0.858. The smallest absolute Gasteiger partial charge is 0.408 e. The first-order valence-electron chi connectivity index (χ1n) is 17.0. The van der Waals surface area contributed by atoms with Gasteiger partial charge in [-0.15, -0.1) is 0 Å². The summed E-state index contributed by atoms with van der Waals surface area (Å²) in [5, 5.41) is 2.97. The number of ether oxygens (including phenoxy) is 3. The quantitative estimate of drug-likeness (QED) is 0.176. The largest absolute Gasteiger partial charge is 0.486 e. The molecule has 256 valence electrons. The van der Waals surface area contributed by atoms with E-state index < -0.39 is 11.6 Å². The van der Waals surface area contributed by atoms with E-state index >= 15 is 0 Å². The predicted molar refractivity (Wildman–Crippen MR) is 183 cm³/mol. The molecule has 1 unspecified atom stereocenters. The molecule has 3 aromatic heterocycles. The second-order valence-electron chi connectivity index (χ2n) is 14.0. The Morgan fingerprint density at radius 3 is 2.40 bits per heavy atom. The zero-order chi connectivity index (χ0) is 34.6. The summed E-state index contributed by atoms with van der Waals surface area (Å²) >= 11 is 0. The molecule has 0 bridgehead atoms. The summed E-state index contributed by atoms with van der Waals surface area (Å²) in [6, 6.07) is 21.1. The van der Waals surface area contributed by atoms with Crippen LogP contribution in [0.3, 0.4) is 0 Å². The molecule has 50 heavy (non-hydrogen) atoms. The van der Waals surface area contributed by atoms with Crippen molar-refractivity contribution in [2.75, 3.05) is 13.1 Å². The molecule has 2 aromatic carbocycles. The second-order valence-corrected chi connectivity index (χ2v) is 14.0. The molecule has 1 N–H and O–H groups in total. The number of carbonyl (C=O) groups excluding carboxylic acids is 2. The number of aromatic nitrogens is 3. The monoisotopic (exact) mass is 675 g/mol. The van der Waals surface area contributed by atoms with E-state index in [9.17, 15) is 14.0 Å². The van der Waals surface area contributed by atoms with Crippen LogP contribution in [0.4, 0.5) is 9.18 Å². The number of likely N-dealkylation sites (tertiary alicyclic amines) is 1. The zero-order valence-corrected chi connectivity index (χ0v) is 28.1. The maximum Gasteiger partial charge on any atom is 0.408 e. The van der Waals surface area contributed by atoms with Crippen LogP contribution < -0.4 is 14.8 Å². The number of alkyl carbamates (subject to hydrolysis) is 1. The molecule has 3 atom stereocenters. The number of halogens is 1. The third-order valence-corrected chi connectivity index (χ3v) is 9.65. The summed E-state index contributed by atoms with van der Waals surface area (Å²) in [5.74, 6) is 0.978. The van der Waals surface area contributed by atoms with Crippen LogP contribution in [-0.2, 0) is 16.9 Å². The molecule has 3 fully saturated rings. The molecule has 0 radical (unpaired) electrons. The fraction of sp³-hybridized carbons (Fsp3) is 0.333. The summed E-state index contributed by atoms with van der Waals surface area (Å²) in [7, 11) is 0. The highest BCUT2D eigenvalue weighted by Crippen LogP contribution is 2.48. The first kappa shape index (κ1) is 31.8. The number of nitrogens with zero attached hydrogens (tertiary/aromatic N) is 4. The predicted octanol–water partition coefficient (Wildman–Crippen LogP) is 6.70. The van der Waals surface area contributed by atoms with Gasteiger partial charge in [0, 0.05) is 48.9 Å². The fourth-order valence-corrected chi connectivity index (χ4v) is 6.67. The summed E-state index contributed by atoms with van der Waals surface area (Å²) in [4.78, 5) is 37.8. The van der Waals surface area contributed by atoms with Gasteiger partial charge in [-0.1, -0.05) is 30.3 Å². The Morgan fingerprint density at radius 1 is 0.940 bits per heavy atom. The molecule has 2 amide bonds. The van der Waals surface area contributed by atoms with Crippen molar-refractivity contribution < 1.29 is 28.2 Å². The van der Waals surface area contributed by atoms with Gasteiger partial charge in [-0.3, -0.25) is 4.79 Å². The normalized spacial score (nSPS) is 19.6. The van der Waals surface area contributed by atoms with Gasteiger partial charge in [0.25, 0.3) is 5.91 Å². The molecular formula is C39H38FN5O5. The lowest BCUT2D eigenvalue weighted by atomic mass is 9.93. The van der Waals surface area contributed by atoms with Gasteiger partial charge in [0.1, 0.15) is 18.5 Å². The Morgan fingerprint density at radius 2 is 1.68 bits per heavy atom. The van der Waals surface area contributed by atoms with Gasteiger partial charge < -0.3 is 28.8 Å². The number of amides is 2. The summed E-state index contributed by atoms with van der Waals surface area (Å²) < 4.78 is 33.8. The number of carbonyl (C=O) groups is 2. The molecule has 0 spiro atoms. The van der Waals surface area contributed by atoms with Crippen molar-refractivity contribution in [2.24, 2.45) is 11.8 Å². The molecule has 10 nitrogen and oxygen atoms in total. The number of imidazole rings is 1. The number of nitrogens with one attached hydrogen (secondary N) is 1. The van der Waals surface area contributed by atoms with E-state index in [0.29, 0.717) is 41.5 Å². The number of piperidine rings is 1. The maximum atomic E-state index is 13.8.